The molecule has 0 aliphatic heterocycles. The number of ether oxygens (including phenoxy) is 1. The SMILES string of the molecule is COC(=O)CNc1c(-c2ccc(C(C)C)cc2)nc2c(C(=O)NC(CC(=O)O)c3cccc([N+](=O)[O-])c3)cccn12. The summed E-state index contributed by atoms with van der Waals surface area (Å²) in [5.74, 6) is -1.54. The number of esters is 1. The van der Waals surface area contributed by atoms with E-state index in [1.54, 1.807) is 22.7 Å². The van der Waals surface area contributed by atoms with E-state index < -0.39 is 35.2 Å². The number of methoxy groups -OCH3 is 1. The van der Waals surface area contributed by atoms with Gasteiger partial charge in [0, 0.05) is 23.9 Å². The average molecular weight is 560 g/mol. The van der Waals surface area contributed by atoms with Gasteiger partial charge < -0.3 is 20.5 Å². The van der Waals surface area contributed by atoms with Crippen molar-refractivity contribution >= 4 is 35.0 Å². The molecule has 0 fully saturated rings. The van der Waals surface area contributed by atoms with Crippen LogP contribution in [0.1, 0.15) is 53.7 Å². The average Bonchev–Trinajstić information content (AvgIpc) is 3.33. The van der Waals surface area contributed by atoms with Crippen LogP contribution in [0.2, 0.25) is 0 Å². The highest BCUT2D eigenvalue weighted by Gasteiger charge is 2.24. The van der Waals surface area contributed by atoms with Gasteiger partial charge in [-0.25, -0.2) is 4.98 Å². The Morgan fingerprint density at radius 2 is 1.80 bits per heavy atom. The molecule has 4 rings (SSSR count). The fraction of sp³-hybridized carbons (Fsp3) is 0.241. The Labute approximate surface area is 235 Å². The van der Waals surface area contributed by atoms with Crippen LogP contribution >= 0.6 is 0 Å². The third kappa shape index (κ3) is 6.49. The maximum absolute atomic E-state index is 13.5. The second kappa shape index (κ2) is 12.3. The van der Waals surface area contributed by atoms with Gasteiger partial charge in [-0.3, -0.25) is 28.9 Å². The molecule has 3 N–H and O–H groups in total. The standard InChI is InChI=1S/C29H29N5O7/c1-17(2)18-9-11-19(12-10-18)26-28(30-16-25(37)41-3)33-13-5-8-22(27(33)32-26)29(38)31-23(15-24(35)36)20-6-4-7-21(14-20)34(39)40/h4-14,17,23,30H,15-16H2,1-3H3,(H,31,38)(H,35,36). The predicted octanol–water partition coefficient (Wildman–Crippen LogP) is 4.56. The van der Waals surface area contributed by atoms with Crippen LogP contribution in [0.4, 0.5) is 11.5 Å². The number of pyridine rings is 1. The largest absolute Gasteiger partial charge is 0.481 e. The van der Waals surface area contributed by atoms with Crippen molar-refractivity contribution in [2.24, 2.45) is 0 Å². The van der Waals surface area contributed by atoms with E-state index in [4.69, 9.17) is 9.72 Å². The molecule has 0 aliphatic rings. The van der Waals surface area contributed by atoms with Crippen molar-refractivity contribution in [1.29, 1.82) is 0 Å². The normalized spacial score (nSPS) is 11.7. The van der Waals surface area contributed by atoms with Gasteiger partial charge in [-0.05, 0) is 29.2 Å². The van der Waals surface area contributed by atoms with Crippen molar-refractivity contribution in [3.63, 3.8) is 0 Å². The van der Waals surface area contributed by atoms with Gasteiger partial charge in [-0.2, -0.15) is 0 Å². The summed E-state index contributed by atoms with van der Waals surface area (Å²) in [4.78, 5) is 52.5. The first kappa shape index (κ1) is 28.7. The number of non-ortho nitro benzene ring substituents is 1. The molecule has 0 saturated carbocycles. The van der Waals surface area contributed by atoms with E-state index in [-0.39, 0.29) is 29.0 Å². The van der Waals surface area contributed by atoms with Gasteiger partial charge in [-0.15, -0.1) is 0 Å². The van der Waals surface area contributed by atoms with Crippen molar-refractivity contribution in [3.8, 4) is 11.3 Å². The highest BCUT2D eigenvalue weighted by Crippen LogP contribution is 2.31. The maximum atomic E-state index is 13.5. The summed E-state index contributed by atoms with van der Waals surface area (Å²) in [5, 5.41) is 26.5. The molecular weight excluding hydrogens is 530 g/mol. The number of rotatable bonds is 11. The predicted molar refractivity (Wildman–Crippen MR) is 151 cm³/mol. The van der Waals surface area contributed by atoms with Gasteiger partial charge in [0.1, 0.15) is 18.1 Å². The quantitative estimate of drug-likeness (QED) is 0.136. The third-order valence-electron chi connectivity index (χ3n) is 6.54. The number of hydrogen-bond donors (Lipinski definition) is 3. The van der Waals surface area contributed by atoms with E-state index in [0.29, 0.717) is 17.4 Å². The molecule has 1 unspecified atom stereocenters. The van der Waals surface area contributed by atoms with E-state index in [9.17, 15) is 29.6 Å². The summed E-state index contributed by atoms with van der Waals surface area (Å²) in [6, 6.07) is 15.4. The molecule has 0 saturated heterocycles. The molecule has 4 aromatic rings. The Balaban J connectivity index is 1.77. The lowest BCUT2D eigenvalue weighted by molar-refractivity contribution is -0.384. The second-order valence-electron chi connectivity index (χ2n) is 9.61. The summed E-state index contributed by atoms with van der Waals surface area (Å²) in [6.45, 7) is 4.02. The maximum Gasteiger partial charge on any atom is 0.325 e. The number of nitrogens with one attached hydrogen (secondary N) is 2. The Morgan fingerprint density at radius 3 is 2.44 bits per heavy atom. The number of amides is 1. The minimum absolute atomic E-state index is 0.138. The van der Waals surface area contributed by atoms with Crippen molar-refractivity contribution < 1.29 is 29.2 Å². The number of carboxylic acid groups (broad SMARTS) is 1. The third-order valence-corrected chi connectivity index (χ3v) is 6.54. The summed E-state index contributed by atoms with van der Waals surface area (Å²) in [5.41, 5.74) is 2.82. The number of hydrogen-bond acceptors (Lipinski definition) is 8. The van der Waals surface area contributed by atoms with Crippen molar-refractivity contribution in [2.75, 3.05) is 19.0 Å². The lowest BCUT2D eigenvalue weighted by Gasteiger charge is -2.17. The molecule has 2 aromatic carbocycles. The number of anilines is 1. The molecule has 41 heavy (non-hydrogen) atoms. The van der Waals surface area contributed by atoms with Crippen molar-refractivity contribution in [3.05, 3.63) is 93.7 Å². The Bertz CT molecular complexity index is 1610. The Morgan fingerprint density at radius 1 is 1.07 bits per heavy atom. The van der Waals surface area contributed by atoms with Crippen LogP contribution in [0, 0.1) is 10.1 Å². The number of fused-ring (bicyclic) bond motifs is 1. The molecule has 1 amide bonds. The summed E-state index contributed by atoms with van der Waals surface area (Å²) >= 11 is 0. The molecule has 2 heterocycles. The zero-order valence-corrected chi connectivity index (χ0v) is 22.7. The first-order valence-corrected chi connectivity index (χ1v) is 12.8. The monoisotopic (exact) mass is 559 g/mol. The van der Waals surface area contributed by atoms with Crippen LogP contribution in [0.3, 0.4) is 0 Å². The number of nitro groups is 1. The fourth-order valence-electron chi connectivity index (χ4n) is 4.39. The lowest BCUT2D eigenvalue weighted by atomic mass is 10.0. The van der Waals surface area contributed by atoms with Crippen LogP contribution in [-0.2, 0) is 14.3 Å². The van der Waals surface area contributed by atoms with Crippen LogP contribution in [0.15, 0.2) is 66.9 Å². The molecule has 212 valence electrons. The highest BCUT2D eigenvalue weighted by molar-refractivity contribution is 6.01. The Kier molecular flexibility index (Phi) is 8.61. The van der Waals surface area contributed by atoms with Gasteiger partial charge in [0.05, 0.1) is 30.1 Å². The van der Waals surface area contributed by atoms with E-state index in [1.807, 2.05) is 24.3 Å². The number of nitrogens with zero attached hydrogens (tertiary/aromatic N) is 3. The first-order chi connectivity index (χ1) is 19.6. The zero-order valence-electron chi connectivity index (χ0n) is 22.7. The molecular formula is C29H29N5O7. The van der Waals surface area contributed by atoms with Crippen molar-refractivity contribution in [2.45, 2.75) is 32.2 Å². The molecule has 2 aromatic heterocycles. The van der Waals surface area contributed by atoms with E-state index in [1.165, 1.54) is 31.4 Å². The van der Waals surface area contributed by atoms with Gasteiger partial charge >= 0.3 is 11.9 Å². The van der Waals surface area contributed by atoms with Gasteiger partial charge in [0.25, 0.3) is 11.6 Å². The lowest BCUT2D eigenvalue weighted by Crippen LogP contribution is -2.30. The topological polar surface area (TPSA) is 165 Å². The van der Waals surface area contributed by atoms with E-state index in [0.717, 1.165) is 11.1 Å². The molecule has 0 bridgehead atoms. The number of carbonyl (C=O) groups is 3. The first-order valence-electron chi connectivity index (χ1n) is 12.8. The zero-order chi connectivity index (χ0) is 29.7. The highest BCUT2D eigenvalue weighted by atomic mass is 16.6. The van der Waals surface area contributed by atoms with E-state index in [2.05, 4.69) is 24.5 Å². The van der Waals surface area contributed by atoms with Crippen LogP contribution in [0.5, 0.6) is 0 Å². The van der Waals surface area contributed by atoms with Crippen LogP contribution < -0.4 is 10.6 Å². The molecule has 12 heteroatoms. The minimum atomic E-state index is -1.19. The number of carboxylic acids is 1. The summed E-state index contributed by atoms with van der Waals surface area (Å²) < 4.78 is 6.39. The number of aliphatic carboxylic acids is 1. The fourth-order valence-corrected chi connectivity index (χ4v) is 4.39. The van der Waals surface area contributed by atoms with E-state index >= 15 is 0 Å². The molecule has 0 radical (unpaired) electrons. The number of nitro benzene ring substituents is 1. The second-order valence-corrected chi connectivity index (χ2v) is 9.61. The van der Waals surface area contributed by atoms with Gasteiger partial charge in [0.15, 0.2) is 5.65 Å². The van der Waals surface area contributed by atoms with Gasteiger partial charge in [-0.1, -0.05) is 50.2 Å². The van der Waals surface area contributed by atoms with Crippen molar-refractivity contribution in [1.82, 2.24) is 14.7 Å². The number of carbonyl (C=O) groups excluding carboxylic acids is 2. The molecule has 0 spiro atoms. The summed E-state index contributed by atoms with van der Waals surface area (Å²) in [7, 11) is 1.28. The number of benzene rings is 2. The Hall–Kier alpha value is -5.26. The molecule has 0 aliphatic carbocycles. The molecule has 1 atom stereocenters. The summed E-state index contributed by atoms with van der Waals surface area (Å²) in [6.07, 6.45) is 1.18. The smallest absolute Gasteiger partial charge is 0.325 e. The van der Waals surface area contributed by atoms with Crippen LogP contribution in [-0.4, -0.2) is 50.9 Å². The number of imidazole rings is 1. The number of aromatic nitrogens is 2. The van der Waals surface area contributed by atoms with Gasteiger partial charge in [0.2, 0.25) is 0 Å². The minimum Gasteiger partial charge on any atom is -0.481 e. The molecule has 12 nitrogen and oxygen atoms in total. The van der Waals surface area contributed by atoms with Crippen LogP contribution in [0.25, 0.3) is 16.9 Å².